The van der Waals surface area contributed by atoms with Crippen molar-refractivity contribution >= 4 is 6.21 Å². The molecule has 2 rings (SSSR count). The van der Waals surface area contributed by atoms with Crippen LogP contribution in [0.15, 0.2) is 28.9 Å². The van der Waals surface area contributed by atoms with Crippen LogP contribution < -0.4 is 10.6 Å². The Kier molecular flexibility index (Phi) is 1.61. The van der Waals surface area contributed by atoms with Gasteiger partial charge in [0.25, 0.3) is 0 Å². The topological polar surface area (TPSA) is 45.6 Å². The van der Waals surface area contributed by atoms with Crippen LogP contribution in [-0.4, -0.2) is 19.4 Å². The second-order valence-corrected chi connectivity index (χ2v) is 2.32. The molecule has 0 radical (unpaired) electrons. The van der Waals surface area contributed by atoms with E-state index in [1.54, 1.807) is 18.7 Å². The lowest BCUT2D eigenvalue weighted by Crippen LogP contribution is -2.37. The first-order chi connectivity index (χ1) is 5.47. The average Bonchev–Trinajstić information content (AvgIpc) is 2.28. The molecular formula is C7H9N3O. The third-order valence-electron chi connectivity index (χ3n) is 1.54. The normalized spacial score (nSPS) is 21.8. The first-order valence-corrected chi connectivity index (χ1v) is 3.49. The molecule has 4 nitrogen and oxygen atoms in total. The second kappa shape index (κ2) is 2.75. The van der Waals surface area contributed by atoms with Crippen molar-refractivity contribution in [1.82, 2.24) is 10.6 Å². The Morgan fingerprint density at radius 3 is 3.55 bits per heavy atom. The minimum atomic E-state index is 0.751. The summed E-state index contributed by atoms with van der Waals surface area (Å²) in [5.74, 6) is 0.807. The molecule has 2 aliphatic heterocycles. The summed E-state index contributed by atoms with van der Waals surface area (Å²) < 4.78 is 5.23. The van der Waals surface area contributed by atoms with Crippen LogP contribution in [0.4, 0.5) is 0 Å². The molecule has 11 heavy (non-hydrogen) atoms. The molecule has 0 aromatic rings. The van der Waals surface area contributed by atoms with Gasteiger partial charge >= 0.3 is 0 Å². The van der Waals surface area contributed by atoms with Crippen molar-refractivity contribution in [1.29, 1.82) is 0 Å². The van der Waals surface area contributed by atoms with Gasteiger partial charge in [-0.15, -0.1) is 0 Å². The van der Waals surface area contributed by atoms with Crippen LogP contribution in [0.2, 0.25) is 0 Å². The summed E-state index contributed by atoms with van der Waals surface area (Å²) in [5.41, 5.74) is 1.06. The SMILES string of the molecule is C1=COC2=C(C=N1)CNCN2. The molecule has 4 heteroatoms. The zero-order chi connectivity index (χ0) is 7.52. The summed E-state index contributed by atoms with van der Waals surface area (Å²) in [6.07, 6.45) is 4.98. The van der Waals surface area contributed by atoms with Gasteiger partial charge in [0.1, 0.15) is 6.26 Å². The van der Waals surface area contributed by atoms with E-state index in [9.17, 15) is 0 Å². The van der Waals surface area contributed by atoms with Crippen molar-refractivity contribution in [3.8, 4) is 0 Å². The van der Waals surface area contributed by atoms with Crippen molar-refractivity contribution in [3.05, 3.63) is 23.9 Å². The fourth-order valence-corrected chi connectivity index (χ4v) is 1.02. The molecule has 0 unspecified atom stereocenters. The highest BCUT2D eigenvalue weighted by molar-refractivity contribution is 5.80. The minimum Gasteiger partial charge on any atom is -0.447 e. The number of nitrogens with one attached hydrogen (secondary N) is 2. The quantitative estimate of drug-likeness (QED) is 0.509. The summed E-state index contributed by atoms with van der Waals surface area (Å²) in [4.78, 5) is 3.99. The highest BCUT2D eigenvalue weighted by atomic mass is 16.5. The third kappa shape index (κ3) is 1.25. The van der Waals surface area contributed by atoms with Gasteiger partial charge in [0.15, 0.2) is 5.88 Å². The smallest absolute Gasteiger partial charge is 0.199 e. The van der Waals surface area contributed by atoms with Crippen LogP contribution in [0.3, 0.4) is 0 Å². The number of aliphatic imine (C=N–C) groups is 1. The maximum absolute atomic E-state index is 5.23. The van der Waals surface area contributed by atoms with E-state index in [1.807, 2.05) is 0 Å². The zero-order valence-electron chi connectivity index (χ0n) is 6.00. The van der Waals surface area contributed by atoms with Crippen LogP contribution >= 0.6 is 0 Å². The number of ether oxygens (including phenoxy) is 1. The lowest BCUT2D eigenvalue weighted by molar-refractivity contribution is 0.297. The van der Waals surface area contributed by atoms with E-state index >= 15 is 0 Å². The van der Waals surface area contributed by atoms with E-state index < -0.39 is 0 Å². The first kappa shape index (κ1) is 6.42. The number of nitrogens with zero attached hydrogens (tertiary/aromatic N) is 1. The molecule has 0 saturated carbocycles. The van der Waals surface area contributed by atoms with Gasteiger partial charge in [0.2, 0.25) is 0 Å². The number of rotatable bonds is 0. The Hall–Kier alpha value is -1.29. The molecule has 2 N–H and O–H groups in total. The fraction of sp³-hybridized carbons (Fsp3) is 0.286. The van der Waals surface area contributed by atoms with Crippen LogP contribution in [0.25, 0.3) is 0 Å². The van der Waals surface area contributed by atoms with E-state index in [2.05, 4.69) is 15.6 Å². The van der Waals surface area contributed by atoms with Gasteiger partial charge in [-0.05, 0) is 0 Å². The summed E-state index contributed by atoms with van der Waals surface area (Å²) in [5, 5.41) is 6.21. The predicted octanol–water partition coefficient (Wildman–Crippen LogP) is -0.0795. The lowest BCUT2D eigenvalue weighted by atomic mass is 10.3. The van der Waals surface area contributed by atoms with Gasteiger partial charge in [-0.25, -0.2) is 0 Å². The molecule has 0 saturated heterocycles. The summed E-state index contributed by atoms with van der Waals surface area (Å²) in [7, 11) is 0. The van der Waals surface area contributed by atoms with Crippen LogP contribution in [0, 0.1) is 0 Å². The van der Waals surface area contributed by atoms with Crippen LogP contribution in [0.1, 0.15) is 0 Å². The summed E-state index contributed by atoms with van der Waals surface area (Å²) in [6, 6.07) is 0. The van der Waals surface area contributed by atoms with Gasteiger partial charge in [-0.2, -0.15) is 0 Å². The molecule has 0 amide bonds. The second-order valence-electron chi connectivity index (χ2n) is 2.32. The van der Waals surface area contributed by atoms with E-state index in [0.717, 1.165) is 24.7 Å². The Bertz CT molecular complexity index is 242. The molecule has 0 aliphatic carbocycles. The van der Waals surface area contributed by atoms with Gasteiger partial charge in [0.05, 0.1) is 12.9 Å². The van der Waals surface area contributed by atoms with Gasteiger partial charge < -0.3 is 10.1 Å². The van der Waals surface area contributed by atoms with E-state index in [1.165, 1.54) is 0 Å². The highest BCUT2D eigenvalue weighted by Gasteiger charge is 2.10. The van der Waals surface area contributed by atoms with E-state index in [-0.39, 0.29) is 0 Å². The van der Waals surface area contributed by atoms with E-state index in [4.69, 9.17) is 4.74 Å². The summed E-state index contributed by atoms with van der Waals surface area (Å²) >= 11 is 0. The molecule has 0 bridgehead atoms. The molecule has 2 aliphatic rings. The predicted molar refractivity (Wildman–Crippen MR) is 41.7 cm³/mol. The maximum atomic E-state index is 5.23. The molecule has 0 aromatic heterocycles. The molecule has 0 aromatic carbocycles. The first-order valence-electron chi connectivity index (χ1n) is 3.49. The highest BCUT2D eigenvalue weighted by Crippen LogP contribution is 2.06. The fourth-order valence-electron chi connectivity index (χ4n) is 1.02. The third-order valence-corrected chi connectivity index (χ3v) is 1.54. The molecule has 0 fully saturated rings. The minimum absolute atomic E-state index is 0.751. The molecule has 2 heterocycles. The summed E-state index contributed by atoms with van der Waals surface area (Å²) in [6.45, 7) is 1.56. The van der Waals surface area contributed by atoms with Crippen LogP contribution in [0.5, 0.6) is 0 Å². The van der Waals surface area contributed by atoms with E-state index in [0.29, 0.717) is 0 Å². The number of hydrogen-bond acceptors (Lipinski definition) is 4. The van der Waals surface area contributed by atoms with Crippen molar-refractivity contribution in [3.63, 3.8) is 0 Å². The average molecular weight is 151 g/mol. The van der Waals surface area contributed by atoms with Crippen LogP contribution in [-0.2, 0) is 4.74 Å². The Morgan fingerprint density at radius 2 is 2.55 bits per heavy atom. The van der Waals surface area contributed by atoms with Crippen molar-refractivity contribution < 1.29 is 4.74 Å². The molecule has 0 atom stereocenters. The van der Waals surface area contributed by atoms with Gasteiger partial charge in [-0.1, -0.05) is 0 Å². The van der Waals surface area contributed by atoms with Gasteiger partial charge in [0, 0.05) is 18.3 Å². The zero-order valence-corrected chi connectivity index (χ0v) is 6.00. The standard InChI is InChI=1S/C7H9N3O/c1-2-11-7-6(3-8-1)4-9-5-10-7/h1-3,9-10H,4-5H2. The largest absolute Gasteiger partial charge is 0.447 e. The van der Waals surface area contributed by atoms with Crippen molar-refractivity contribution in [2.75, 3.05) is 13.2 Å². The monoisotopic (exact) mass is 151 g/mol. The van der Waals surface area contributed by atoms with Crippen molar-refractivity contribution in [2.24, 2.45) is 4.99 Å². The Balaban J connectivity index is 2.26. The van der Waals surface area contributed by atoms with Crippen molar-refractivity contribution in [2.45, 2.75) is 0 Å². The maximum Gasteiger partial charge on any atom is 0.199 e. The molecular weight excluding hydrogens is 142 g/mol. The molecule has 58 valence electrons. The Labute approximate surface area is 64.6 Å². The Morgan fingerprint density at radius 1 is 1.55 bits per heavy atom. The molecule has 0 spiro atoms. The van der Waals surface area contributed by atoms with Gasteiger partial charge in [-0.3, -0.25) is 10.3 Å². The number of hydrogen-bond donors (Lipinski definition) is 2. The lowest BCUT2D eigenvalue weighted by Gasteiger charge is -2.18.